The molecule has 2 saturated heterocycles. The zero-order chi connectivity index (χ0) is 15.8. The highest BCUT2D eigenvalue weighted by Crippen LogP contribution is 2.34. The molecule has 2 atom stereocenters. The third kappa shape index (κ3) is 2.77. The van der Waals surface area contributed by atoms with Crippen molar-refractivity contribution in [1.29, 1.82) is 0 Å². The Morgan fingerprint density at radius 2 is 2.13 bits per heavy atom. The van der Waals surface area contributed by atoms with Crippen molar-refractivity contribution in [1.82, 2.24) is 14.8 Å². The number of likely N-dealkylation sites (tertiary alicyclic amines) is 2. The Morgan fingerprint density at radius 1 is 1.22 bits per heavy atom. The van der Waals surface area contributed by atoms with E-state index < -0.39 is 0 Å². The third-order valence-electron chi connectivity index (χ3n) is 4.95. The molecule has 1 amide bonds. The summed E-state index contributed by atoms with van der Waals surface area (Å²) >= 11 is 0. The van der Waals surface area contributed by atoms with Gasteiger partial charge in [-0.05, 0) is 37.6 Å². The van der Waals surface area contributed by atoms with E-state index in [1.54, 1.807) is 6.26 Å². The smallest absolute Gasteiger partial charge is 0.224 e. The maximum Gasteiger partial charge on any atom is 0.224 e. The molecule has 0 aromatic carbocycles. The lowest BCUT2D eigenvalue weighted by molar-refractivity contribution is -0.129. The highest BCUT2D eigenvalue weighted by atomic mass is 16.3. The molecule has 4 rings (SSSR count). The topological polar surface area (TPSA) is 49.6 Å². The number of amides is 1. The van der Waals surface area contributed by atoms with Gasteiger partial charge >= 0.3 is 0 Å². The molecule has 2 fully saturated rings. The summed E-state index contributed by atoms with van der Waals surface area (Å²) in [6, 6.07) is 10.5. The molecule has 2 aliphatic heterocycles. The first-order chi connectivity index (χ1) is 11.2. The Balaban J connectivity index is 1.48. The Morgan fingerprint density at radius 3 is 2.91 bits per heavy atom. The number of carbonyl (C=O) groups is 1. The van der Waals surface area contributed by atoms with Crippen LogP contribution >= 0.6 is 0 Å². The first-order valence-electron chi connectivity index (χ1n) is 8.19. The summed E-state index contributed by atoms with van der Waals surface area (Å²) in [5, 5.41) is 0. The van der Waals surface area contributed by atoms with E-state index in [0.717, 1.165) is 36.7 Å². The van der Waals surface area contributed by atoms with Gasteiger partial charge in [0.1, 0.15) is 5.76 Å². The fourth-order valence-corrected chi connectivity index (χ4v) is 3.88. The molecule has 0 N–H and O–H groups in total. The highest BCUT2D eigenvalue weighted by molar-refractivity contribution is 5.80. The quantitative estimate of drug-likeness (QED) is 0.870. The lowest BCUT2D eigenvalue weighted by Crippen LogP contribution is -2.36. The summed E-state index contributed by atoms with van der Waals surface area (Å²) in [5.41, 5.74) is 1.97. The van der Waals surface area contributed by atoms with Crippen LogP contribution < -0.4 is 0 Å². The second kappa shape index (κ2) is 5.81. The van der Waals surface area contributed by atoms with Gasteiger partial charge in [-0.3, -0.25) is 14.7 Å². The van der Waals surface area contributed by atoms with Crippen LogP contribution in [0.15, 0.2) is 41.0 Å². The van der Waals surface area contributed by atoms with Gasteiger partial charge in [0.15, 0.2) is 0 Å². The molecule has 0 bridgehead atoms. The van der Waals surface area contributed by atoms with Crippen molar-refractivity contribution in [2.45, 2.75) is 44.9 Å². The van der Waals surface area contributed by atoms with E-state index in [0.29, 0.717) is 25.0 Å². The third-order valence-corrected chi connectivity index (χ3v) is 4.95. The van der Waals surface area contributed by atoms with Gasteiger partial charge in [0.25, 0.3) is 0 Å². The van der Waals surface area contributed by atoms with Gasteiger partial charge in [0.2, 0.25) is 5.91 Å². The van der Waals surface area contributed by atoms with Gasteiger partial charge in [-0.1, -0.05) is 6.07 Å². The van der Waals surface area contributed by atoms with Crippen LogP contribution in [0.3, 0.4) is 0 Å². The number of pyridine rings is 1. The second-order valence-corrected chi connectivity index (χ2v) is 6.47. The Bertz CT molecular complexity index is 698. The lowest BCUT2D eigenvalue weighted by atomic mass is 10.1. The molecule has 120 valence electrons. The van der Waals surface area contributed by atoms with E-state index in [1.807, 2.05) is 42.2 Å². The van der Waals surface area contributed by atoms with E-state index in [2.05, 4.69) is 9.88 Å². The van der Waals surface area contributed by atoms with Gasteiger partial charge in [-0.2, -0.15) is 0 Å². The van der Waals surface area contributed by atoms with Crippen molar-refractivity contribution in [3.05, 3.63) is 53.7 Å². The molecule has 5 nitrogen and oxygen atoms in total. The van der Waals surface area contributed by atoms with Crippen LogP contribution in [0, 0.1) is 6.92 Å². The maximum absolute atomic E-state index is 12.5. The molecule has 0 radical (unpaired) electrons. The summed E-state index contributed by atoms with van der Waals surface area (Å²) in [7, 11) is 0. The summed E-state index contributed by atoms with van der Waals surface area (Å²) < 4.78 is 5.46. The fraction of sp³-hybridized carbons (Fsp3) is 0.444. The molecule has 0 saturated carbocycles. The number of nitrogens with zero attached hydrogens (tertiary/aromatic N) is 3. The minimum Gasteiger partial charge on any atom is -0.468 e. The SMILES string of the molecule is Cc1cccc(CN2C(=O)C[C@@H]3[C@@H]2CCN3Cc2ccco2)n1. The van der Waals surface area contributed by atoms with Crippen molar-refractivity contribution in [3.8, 4) is 0 Å². The van der Waals surface area contributed by atoms with Crippen molar-refractivity contribution < 1.29 is 9.21 Å². The second-order valence-electron chi connectivity index (χ2n) is 6.47. The van der Waals surface area contributed by atoms with E-state index in [9.17, 15) is 4.79 Å². The standard InChI is InChI=1S/C18H21N3O2/c1-13-4-2-5-14(19-13)11-21-16-7-8-20(17(16)10-18(21)22)12-15-6-3-9-23-15/h2-6,9,16-17H,7-8,10-12H2,1H3/t16-,17+/m0/s1. The number of aryl methyl sites for hydroxylation is 1. The molecule has 0 spiro atoms. The molecule has 0 unspecified atom stereocenters. The fourth-order valence-electron chi connectivity index (χ4n) is 3.88. The van der Waals surface area contributed by atoms with E-state index in [-0.39, 0.29) is 5.91 Å². The Hall–Kier alpha value is -2.14. The molecule has 5 heteroatoms. The first kappa shape index (κ1) is 14.5. The number of carbonyl (C=O) groups excluding carboxylic acids is 1. The van der Waals surface area contributed by atoms with Gasteiger partial charge in [-0.25, -0.2) is 0 Å². The molecular formula is C18H21N3O2. The Labute approximate surface area is 135 Å². The van der Waals surface area contributed by atoms with Crippen molar-refractivity contribution in [2.24, 2.45) is 0 Å². The summed E-state index contributed by atoms with van der Waals surface area (Å²) in [5.74, 6) is 1.21. The molecule has 0 aliphatic carbocycles. The van der Waals surface area contributed by atoms with Crippen LogP contribution in [0.4, 0.5) is 0 Å². The van der Waals surface area contributed by atoms with Crippen LogP contribution in [0.1, 0.15) is 30.0 Å². The average molecular weight is 311 g/mol. The molecule has 2 aliphatic rings. The number of rotatable bonds is 4. The minimum atomic E-state index is 0.243. The highest BCUT2D eigenvalue weighted by Gasteiger charge is 2.46. The summed E-state index contributed by atoms with van der Waals surface area (Å²) in [6.45, 7) is 4.41. The van der Waals surface area contributed by atoms with Gasteiger partial charge in [0, 0.05) is 30.7 Å². The summed E-state index contributed by atoms with van der Waals surface area (Å²) in [4.78, 5) is 21.4. The number of aromatic nitrogens is 1. The maximum atomic E-state index is 12.5. The predicted octanol–water partition coefficient (Wildman–Crippen LogP) is 2.36. The molecule has 2 aromatic heterocycles. The zero-order valence-electron chi connectivity index (χ0n) is 13.3. The number of hydrogen-bond donors (Lipinski definition) is 0. The van der Waals surface area contributed by atoms with Crippen molar-refractivity contribution in [2.75, 3.05) is 6.54 Å². The van der Waals surface area contributed by atoms with Gasteiger partial charge in [0.05, 0.1) is 25.0 Å². The van der Waals surface area contributed by atoms with Crippen molar-refractivity contribution in [3.63, 3.8) is 0 Å². The number of hydrogen-bond acceptors (Lipinski definition) is 4. The van der Waals surface area contributed by atoms with Gasteiger partial charge in [-0.15, -0.1) is 0 Å². The van der Waals surface area contributed by atoms with Crippen LogP contribution in [0.2, 0.25) is 0 Å². The number of furan rings is 1. The zero-order valence-corrected chi connectivity index (χ0v) is 13.3. The predicted molar refractivity (Wildman–Crippen MR) is 85.5 cm³/mol. The molecule has 23 heavy (non-hydrogen) atoms. The lowest BCUT2D eigenvalue weighted by Gasteiger charge is -2.25. The monoisotopic (exact) mass is 311 g/mol. The van der Waals surface area contributed by atoms with E-state index in [1.165, 1.54) is 0 Å². The van der Waals surface area contributed by atoms with E-state index >= 15 is 0 Å². The molecular weight excluding hydrogens is 290 g/mol. The normalized spacial score (nSPS) is 24.4. The average Bonchev–Trinajstić information content (AvgIpc) is 3.22. The van der Waals surface area contributed by atoms with E-state index in [4.69, 9.17) is 4.42 Å². The Kier molecular flexibility index (Phi) is 3.65. The van der Waals surface area contributed by atoms with Crippen molar-refractivity contribution >= 4 is 5.91 Å². The largest absolute Gasteiger partial charge is 0.468 e. The van der Waals surface area contributed by atoms with Crippen LogP contribution in [-0.4, -0.2) is 39.3 Å². The first-order valence-corrected chi connectivity index (χ1v) is 8.19. The van der Waals surface area contributed by atoms with Crippen LogP contribution in [-0.2, 0) is 17.9 Å². The van der Waals surface area contributed by atoms with Gasteiger partial charge < -0.3 is 9.32 Å². The van der Waals surface area contributed by atoms with Crippen LogP contribution in [0.25, 0.3) is 0 Å². The molecule has 2 aromatic rings. The van der Waals surface area contributed by atoms with Crippen LogP contribution in [0.5, 0.6) is 0 Å². The summed E-state index contributed by atoms with van der Waals surface area (Å²) in [6.07, 6.45) is 3.35. The molecule has 4 heterocycles. The number of fused-ring (bicyclic) bond motifs is 1. The minimum absolute atomic E-state index is 0.243.